The zero-order valence-corrected chi connectivity index (χ0v) is 24.6. The second-order valence-electron chi connectivity index (χ2n) is 11.1. The van der Waals surface area contributed by atoms with Crippen molar-refractivity contribution < 1.29 is 23.7 Å². The summed E-state index contributed by atoms with van der Waals surface area (Å²) in [5.41, 5.74) is 1.93. The fourth-order valence-electron chi connectivity index (χ4n) is 5.85. The van der Waals surface area contributed by atoms with E-state index in [0.717, 1.165) is 46.6 Å². The van der Waals surface area contributed by atoms with Gasteiger partial charge in [-0.1, -0.05) is 18.2 Å². The van der Waals surface area contributed by atoms with Gasteiger partial charge < -0.3 is 29.2 Å². The Balaban J connectivity index is 1.03. The van der Waals surface area contributed by atoms with Crippen molar-refractivity contribution in [2.75, 3.05) is 50.8 Å². The van der Waals surface area contributed by atoms with Gasteiger partial charge in [-0.3, -0.25) is 14.3 Å². The largest absolute Gasteiger partial charge is 0.486 e. The highest BCUT2D eigenvalue weighted by molar-refractivity contribution is 5.77. The monoisotopic (exact) mass is 597 g/mol. The minimum atomic E-state index is -0.395. The van der Waals surface area contributed by atoms with E-state index in [1.54, 1.807) is 17.1 Å². The number of anilines is 1. The van der Waals surface area contributed by atoms with E-state index in [-0.39, 0.29) is 11.9 Å². The number of hydrogen-bond acceptors (Lipinski definition) is 10. The van der Waals surface area contributed by atoms with Crippen molar-refractivity contribution >= 4 is 11.7 Å². The molecule has 1 fully saturated rings. The molecule has 12 nitrogen and oxygen atoms in total. The van der Waals surface area contributed by atoms with E-state index in [9.17, 15) is 4.79 Å². The lowest BCUT2D eigenvalue weighted by Crippen LogP contribution is -2.56. The smallest absolute Gasteiger partial charge is 0.254 e. The maximum Gasteiger partial charge on any atom is 0.254 e. The van der Waals surface area contributed by atoms with Crippen molar-refractivity contribution in [1.29, 1.82) is 0 Å². The maximum atomic E-state index is 13.3. The van der Waals surface area contributed by atoms with Crippen molar-refractivity contribution in [1.82, 2.24) is 29.7 Å². The Morgan fingerprint density at radius 1 is 0.977 bits per heavy atom. The van der Waals surface area contributed by atoms with Gasteiger partial charge in [0.15, 0.2) is 23.0 Å². The average molecular weight is 598 g/mol. The number of carbonyl (C=O) groups is 1. The number of piperazine rings is 1. The van der Waals surface area contributed by atoms with Gasteiger partial charge in [-0.2, -0.15) is 4.98 Å². The quantitative estimate of drug-likeness (QED) is 0.309. The number of aromatic nitrogens is 4. The summed E-state index contributed by atoms with van der Waals surface area (Å²) in [6.07, 6.45) is 5.82. The van der Waals surface area contributed by atoms with Gasteiger partial charge in [0.05, 0.1) is 12.6 Å². The summed E-state index contributed by atoms with van der Waals surface area (Å²) >= 11 is 0. The zero-order valence-electron chi connectivity index (χ0n) is 24.6. The number of hydrogen-bond donors (Lipinski definition) is 1. The Labute approximate surface area is 255 Å². The Morgan fingerprint density at radius 2 is 1.80 bits per heavy atom. The van der Waals surface area contributed by atoms with Crippen LogP contribution >= 0.6 is 0 Å². The van der Waals surface area contributed by atoms with Crippen LogP contribution < -0.4 is 29.2 Å². The molecular weight excluding hydrogens is 562 g/mol. The molecule has 3 aliphatic rings. The Bertz CT molecular complexity index is 1590. The second kappa shape index (κ2) is 12.4. The van der Waals surface area contributed by atoms with E-state index in [2.05, 4.69) is 25.1 Å². The van der Waals surface area contributed by atoms with Gasteiger partial charge in [0.25, 0.3) is 6.29 Å². The number of para-hydroxylation sites is 2. The topological polar surface area (TPSA) is 116 Å². The van der Waals surface area contributed by atoms with Crippen LogP contribution in [0.25, 0.3) is 5.95 Å². The molecule has 0 spiro atoms. The molecule has 3 aliphatic heterocycles. The first-order chi connectivity index (χ1) is 21.6. The maximum absolute atomic E-state index is 13.3. The van der Waals surface area contributed by atoms with Crippen LogP contribution in [0.15, 0.2) is 67.3 Å². The highest BCUT2D eigenvalue weighted by Gasteiger charge is 2.33. The van der Waals surface area contributed by atoms with Crippen molar-refractivity contribution in [3.8, 4) is 28.9 Å². The second-order valence-corrected chi connectivity index (χ2v) is 11.1. The van der Waals surface area contributed by atoms with Crippen LogP contribution in [-0.2, 0) is 11.2 Å². The summed E-state index contributed by atoms with van der Waals surface area (Å²) in [6.45, 7) is 6.28. The molecule has 7 rings (SSSR count). The van der Waals surface area contributed by atoms with Crippen molar-refractivity contribution in [3.05, 3.63) is 78.5 Å². The van der Waals surface area contributed by atoms with Crippen LogP contribution in [0.5, 0.6) is 23.0 Å². The predicted octanol–water partition coefficient (Wildman–Crippen LogP) is 2.78. The van der Waals surface area contributed by atoms with Crippen molar-refractivity contribution in [2.24, 2.45) is 0 Å². The first-order valence-corrected chi connectivity index (χ1v) is 15.0. The molecule has 44 heavy (non-hydrogen) atoms. The zero-order chi connectivity index (χ0) is 29.9. The number of amides is 1. The fraction of sp³-hybridized carbons (Fsp3) is 0.375. The van der Waals surface area contributed by atoms with Gasteiger partial charge in [-0.15, -0.1) is 0 Å². The molecule has 4 aromatic rings. The first kappa shape index (κ1) is 28.0. The van der Waals surface area contributed by atoms with Crippen LogP contribution in [0, 0.1) is 6.92 Å². The molecule has 1 atom stereocenters. The molecule has 0 saturated carbocycles. The van der Waals surface area contributed by atoms with E-state index in [1.165, 1.54) is 0 Å². The first-order valence-electron chi connectivity index (χ1n) is 15.0. The number of nitrogens with zero attached hydrogens (tertiary/aromatic N) is 6. The third-order valence-corrected chi connectivity index (χ3v) is 7.96. The third kappa shape index (κ3) is 6.25. The Morgan fingerprint density at radius 3 is 2.59 bits per heavy atom. The molecule has 0 aliphatic carbocycles. The highest BCUT2D eigenvalue weighted by Crippen LogP contribution is 2.34. The number of carbonyl (C=O) groups excluding carboxylic acids is 1. The van der Waals surface area contributed by atoms with Crippen LogP contribution in [0.3, 0.4) is 0 Å². The van der Waals surface area contributed by atoms with E-state index >= 15 is 0 Å². The predicted molar refractivity (Wildman–Crippen MR) is 162 cm³/mol. The molecule has 2 aromatic heterocycles. The molecule has 1 unspecified atom stereocenters. The molecule has 1 N–H and O–H groups in total. The van der Waals surface area contributed by atoms with Gasteiger partial charge in [-0.05, 0) is 43.2 Å². The van der Waals surface area contributed by atoms with Gasteiger partial charge in [0, 0.05) is 56.8 Å². The summed E-state index contributed by atoms with van der Waals surface area (Å²) in [4.78, 5) is 31.5. The van der Waals surface area contributed by atoms with Gasteiger partial charge in [0.1, 0.15) is 25.4 Å². The summed E-state index contributed by atoms with van der Waals surface area (Å²) in [5.74, 6) is 4.36. The van der Waals surface area contributed by atoms with Crippen LogP contribution in [0.4, 0.5) is 5.82 Å². The standard InChI is InChI=1S/C32H35N7O5/c1-22-16-29(36-32(35-22)38-11-10-33-21-38)39-13-12-37(20-31-43-26-4-2-3-5-27(26)44-31)19-24(39)18-30(40)34-9-8-23-6-7-25-28(17-23)42-15-14-41-25/h2-7,10-11,16-17,21,24,31H,8-9,12-15,18-20H2,1H3,(H,34,40). The van der Waals surface area contributed by atoms with E-state index in [4.69, 9.17) is 23.9 Å². The summed E-state index contributed by atoms with van der Waals surface area (Å²) < 4.78 is 25.2. The molecule has 2 aromatic carbocycles. The van der Waals surface area contributed by atoms with Gasteiger partial charge in [-0.25, -0.2) is 9.97 Å². The fourth-order valence-corrected chi connectivity index (χ4v) is 5.85. The van der Waals surface area contributed by atoms with Crippen LogP contribution in [0.2, 0.25) is 0 Å². The average Bonchev–Trinajstić information content (AvgIpc) is 3.71. The van der Waals surface area contributed by atoms with Gasteiger partial charge >= 0.3 is 0 Å². The molecule has 1 saturated heterocycles. The number of nitrogens with one attached hydrogen (secondary N) is 1. The minimum absolute atomic E-state index is 0.0132. The molecule has 1 amide bonds. The number of benzene rings is 2. The van der Waals surface area contributed by atoms with E-state index in [0.29, 0.717) is 58.2 Å². The Hall–Kier alpha value is -4.84. The SMILES string of the molecule is Cc1cc(N2CCN(CC3Oc4ccccc4O3)CC2CC(=O)NCCc2ccc3c(c2)OCCO3)nc(-n2ccnc2)n1. The van der Waals surface area contributed by atoms with E-state index in [1.807, 2.05) is 61.7 Å². The third-order valence-electron chi connectivity index (χ3n) is 7.96. The molecule has 0 radical (unpaired) electrons. The molecule has 12 heteroatoms. The molecule has 228 valence electrons. The minimum Gasteiger partial charge on any atom is -0.486 e. The normalized spacial score (nSPS) is 17.9. The number of imidazole rings is 1. The summed E-state index contributed by atoms with van der Waals surface area (Å²) in [7, 11) is 0. The Kier molecular flexibility index (Phi) is 7.89. The lowest BCUT2D eigenvalue weighted by atomic mass is 10.1. The number of fused-ring (bicyclic) bond motifs is 2. The molecule has 5 heterocycles. The highest BCUT2D eigenvalue weighted by atomic mass is 16.7. The summed E-state index contributed by atoms with van der Waals surface area (Å²) in [5, 5.41) is 3.12. The number of aryl methyl sites for hydroxylation is 1. The van der Waals surface area contributed by atoms with Gasteiger partial charge in [0.2, 0.25) is 11.9 Å². The number of rotatable bonds is 9. The van der Waals surface area contributed by atoms with E-state index < -0.39 is 6.29 Å². The van der Waals surface area contributed by atoms with Crippen molar-refractivity contribution in [2.45, 2.75) is 32.1 Å². The lowest BCUT2D eigenvalue weighted by molar-refractivity contribution is -0.121. The summed E-state index contributed by atoms with van der Waals surface area (Å²) in [6, 6.07) is 15.5. The molecule has 0 bridgehead atoms. The lowest BCUT2D eigenvalue weighted by Gasteiger charge is -2.42. The van der Waals surface area contributed by atoms with Crippen LogP contribution in [0.1, 0.15) is 17.7 Å². The van der Waals surface area contributed by atoms with Crippen molar-refractivity contribution in [3.63, 3.8) is 0 Å². The molecular formula is C32H35N7O5. The number of ether oxygens (including phenoxy) is 4. The van der Waals surface area contributed by atoms with Crippen LogP contribution in [-0.4, -0.2) is 88.6 Å².